The Bertz CT molecular complexity index is 732. The molecule has 0 bridgehead atoms. The standard InChI is InChI=1S/C17H16ClN3/c1-11-6-7-14(18)16(8-11)21-17-13(10-19)9-12-4-2-3-5-15(12)20-17/h6-9H,2-5H2,1H3,(H,20,21). The molecule has 1 aromatic heterocycles. The van der Waals surface area contributed by atoms with Crippen molar-refractivity contribution in [1.82, 2.24) is 4.98 Å². The first-order valence-electron chi connectivity index (χ1n) is 7.13. The largest absolute Gasteiger partial charge is 0.338 e. The molecule has 2 aromatic rings. The molecule has 0 saturated carbocycles. The van der Waals surface area contributed by atoms with E-state index < -0.39 is 0 Å². The van der Waals surface area contributed by atoms with Crippen molar-refractivity contribution in [3.63, 3.8) is 0 Å². The van der Waals surface area contributed by atoms with Gasteiger partial charge in [0.05, 0.1) is 16.3 Å². The second-order valence-corrected chi connectivity index (χ2v) is 5.82. The molecule has 1 N–H and O–H groups in total. The number of benzene rings is 1. The Morgan fingerprint density at radius 3 is 2.86 bits per heavy atom. The second-order valence-electron chi connectivity index (χ2n) is 5.42. The van der Waals surface area contributed by atoms with Gasteiger partial charge in [0.25, 0.3) is 0 Å². The van der Waals surface area contributed by atoms with Crippen LogP contribution in [-0.4, -0.2) is 4.98 Å². The molecule has 0 saturated heterocycles. The number of hydrogen-bond donors (Lipinski definition) is 1. The van der Waals surface area contributed by atoms with Crippen LogP contribution in [-0.2, 0) is 12.8 Å². The molecule has 0 fully saturated rings. The number of fused-ring (bicyclic) bond motifs is 1. The second kappa shape index (κ2) is 5.75. The first kappa shape index (κ1) is 13.9. The van der Waals surface area contributed by atoms with Gasteiger partial charge < -0.3 is 5.32 Å². The Hall–Kier alpha value is -2.05. The van der Waals surface area contributed by atoms with Gasteiger partial charge in [0.1, 0.15) is 11.9 Å². The molecular weight excluding hydrogens is 282 g/mol. The van der Waals surface area contributed by atoms with Crippen LogP contribution >= 0.6 is 11.6 Å². The molecule has 1 aliphatic carbocycles. The highest BCUT2D eigenvalue weighted by molar-refractivity contribution is 6.33. The fourth-order valence-corrected chi connectivity index (χ4v) is 2.84. The summed E-state index contributed by atoms with van der Waals surface area (Å²) in [5.74, 6) is 0.602. The Balaban J connectivity index is 2.02. The van der Waals surface area contributed by atoms with Crippen molar-refractivity contribution in [2.75, 3.05) is 5.32 Å². The maximum atomic E-state index is 9.36. The van der Waals surface area contributed by atoms with Crippen molar-refractivity contribution in [2.24, 2.45) is 0 Å². The predicted octanol–water partition coefficient (Wildman–Crippen LogP) is 4.54. The molecule has 1 aromatic carbocycles. The molecule has 0 unspecified atom stereocenters. The molecule has 106 valence electrons. The summed E-state index contributed by atoms with van der Waals surface area (Å²) < 4.78 is 0. The van der Waals surface area contributed by atoms with Gasteiger partial charge in [-0.1, -0.05) is 17.7 Å². The van der Waals surface area contributed by atoms with E-state index in [4.69, 9.17) is 11.6 Å². The highest BCUT2D eigenvalue weighted by Gasteiger charge is 2.15. The minimum atomic E-state index is 0.577. The van der Waals surface area contributed by atoms with Gasteiger partial charge in [0.15, 0.2) is 0 Å². The van der Waals surface area contributed by atoms with E-state index in [1.54, 1.807) is 0 Å². The number of aromatic nitrogens is 1. The molecule has 0 atom stereocenters. The van der Waals surface area contributed by atoms with Crippen LogP contribution in [0.3, 0.4) is 0 Å². The third kappa shape index (κ3) is 2.86. The van der Waals surface area contributed by atoms with Crippen LogP contribution < -0.4 is 5.32 Å². The van der Waals surface area contributed by atoms with Crippen LogP contribution in [0.25, 0.3) is 0 Å². The average molecular weight is 298 g/mol. The predicted molar refractivity (Wildman–Crippen MR) is 85.1 cm³/mol. The van der Waals surface area contributed by atoms with Crippen LogP contribution in [0.2, 0.25) is 5.02 Å². The summed E-state index contributed by atoms with van der Waals surface area (Å²) in [6.45, 7) is 2.01. The van der Waals surface area contributed by atoms with Gasteiger partial charge >= 0.3 is 0 Å². The van der Waals surface area contributed by atoms with Gasteiger partial charge in [0.2, 0.25) is 0 Å². The molecule has 0 radical (unpaired) electrons. The van der Waals surface area contributed by atoms with Gasteiger partial charge in [-0.3, -0.25) is 0 Å². The number of halogens is 1. The first-order valence-corrected chi connectivity index (χ1v) is 7.51. The Labute approximate surface area is 129 Å². The number of nitriles is 1. The highest BCUT2D eigenvalue weighted by atomic mass is 35.5. The molecule has 3 rings (SSSR count). The average Bonchev–Trinajstić information content (AvgIpc) is 2.50. The van der Waals surface area contributed by atoms with Crippen molar-refractivity contribution >= 4 is 23.1 Å². The monoisotopic (exact) mass is 297 g/mol. The summed E-state index contributed by atoms with van der Waals surface area (Å²) in [6, 6.07) is 9.97. The van der Waals surface area contributed by atoms with Crippen molar-refractivity contribution in [2.45, 2.75) is 32.6 Å². The van der Waals surface area contributed by atoms with E-state index in [0.717, 1.165) is 36.2 Å². The van der Waals surface area contributed by atoms with Crippen LogP contribution in [0.15, 0.2) is 24.3 Å². The summed E-state index contributed by atoms with van der Waals surface area (Å²) in [5, 5.41) is 13.2. The number of nitrogens with one attached hydrogen (secondary N) is 1. The number of nitrogens with zero attached hydrogens (tertiary/aromatic N) is 2. The van der Waals surface area contributed by atoms with E-state index >= 15 is 0 Å². The van der Waals surface area contributed by atoms with Crippen molar-refractivity contribution in [3.05, 3.63) is 51.7 Å². The van der Waals surface area contributed by atoms with Gasteiger partial charge in [0, 0.05) is 5.69 Å². The van der Waals surface area contributed by atoms with E-state index in [9.17, 15) is 5.26 Å². The lowest BCUT2D eigenvalue weighted by molar-refractivity contribution is 0.668. The van der Waals surface area contributed by atoms with Gasteiger partial charge in [-0.25, -0.2) is 4.98 Å². The van der Waals surface area contributed by atoms with Crippen LogP contribution in [0.5, 0.6) is 0 Å². The molecule has 0 aliphatic heterocycles. The SMILES string of the molecule is Cc1ccc(Cl)c(Nc2nc3c(cc2C#N)CCCC3)c1. The zero-order valence-electron chi connectivity index (χ0n) is 11.9. The van der Waals surface area contributed by atoms with Crippen LogP contribution in [0.4, 0.5) is 11.5 Å². The summed E-state index contributed by atoms with van der Waals surface area (Å²) >= 11 is 6.21. The quantitative estimate of drug-likeness (QED) is 0.885. The lowest BCUT2D eigenvalue weighted by Gasteiger charge is -2.17. The fourth-order valence-electron chi connectivity index (χ4n) is 2.68. The summed E-state index contributed by atoms with van der Waals surface area (Å²) in [6.07, 6.45) is 4.34. The number of hydrogen-bond acceptors (Lipinski definition) is 3. The molecule has 4 heteroatoms. The topological polar surface area (TPSA) is 48.7 Å². The lowest BCUT2D eigenvalue weighted by atomic mass is 9.95. The summed E-state index contributed by atoms with van der Waals surface area (Å²) in [7, 11) is 0. The smallest absolute Gasteiger partial charge is 0.148 e. The molecular formula is C17H16ClN3. The van der Waals surface area contributed by atoms with E-state index in [-0.39, 0.29) is 0 Å². The zero-order chi connectivity index (χ0) is 14.8. The van der Waals surface area contributed by atoms with Crippen molar-refractivity contribution in [1.29, 1.82) is 5.26 Å². The first-order chi connectivity index (χ1) is 10.2. The maximum absolute atomic E-state index is 9.36. The van der Waals surface area contributed by atoms with E-state index in [1.807, 2.05) is 31.2 Å². The molecule has 21 heavy (non-hydrogen) atoms. The van der Waals surface area contributed by atoms with Gasteiger partial charge in [-0.05, 0) is 61.9 Å². The summed E-state index contributed by atoms with van der Waals surface area (Å²) in [4.78, 5) is 4.66. The maximum Gasteiger partial charge on any atom is 0.148 e. The molecule has 0 amide bonds. The van der Waals surface area contributed by atoms with Gasteiger partial charge in [-0.2, -0.15) is 5.26 Å². The van der Waals surface area contributed by atoms with Crippen molar-refractivity contribution < 1.29 is 0 Å². The lowest BCUT2D eigenvalue weighted by Crippen LogP contribution is -2.09. The summed E-state index contributed by atoms with van der Waals surface area (Å²) in [5.41, 5.74) is 4.79. The third-order valence-corrected chi connectivity index (χ3v) is 4.13. The van der Waals surface area contributed by atoms with Gasteiger partial charge in [-0.15, -0.1) is 0 Å². The normalized spacial score (nSPS) is 13.4. The fraction of sp³-hybridized carbons (Fsp3) is 0.294. The Morgan fingerprint density at radius 1 is 1.24 bits per heavy atom. The molecule has 0 spiro atoms. The zero-order valence-corrected chi connectivity index (χ0v) is 12.7. The van der Waals surface area contributed by atoms with E-state index in [2.05, 4.69) is 16.4 Å². The van der Waals surface area contributed by atoms with Crippen LogP contribution in [0.1, 0.15) is 35.2 Å². The number of anilines is 2. The number of aryl methyl sites for hydroxylation is 3. The Kier molecular flexibility index (Phi) is 3.81. The third-order valence-electron chi connectivity index (χ3n) is 3.80. The number of rotatable bonds is 2. The minimum absolute atomic E-state index is 0.577. The Morgan fingerprint density at radius 2 is 2.05 bits per heavy atom. The number of pyridine rings is 1. The molecule has 1 aliphatic rings. The van der Waals surface area contributed by atoms with Crippen molar-refractivity contribution in [3.8, 4) is 6.07 Å². The van der Waals surface area contributed by atoms with Crippen LogP contribution in [0, 0.1) is 18.3 Å². The van der Waals surface area contributed by atoms with E-state index in [1.165, 1.54) is 12.0 Å². The van der Waals surface area contributed by atoms with E-state index in [0.29, 0.717) is 16.4 Å². The minimum Gasteiger partial charge on any atom is -0.338 e. The highest BCUT2D eigenvalue weighted by Crippen LogP contribution is 2.29. The molecule has 3 nitrogen and oxygen atoms in total. The molecule has 1 heterocycles.